The molecule has 0 aliphatic rings. The molecule has 1 aromatic carbocycles. The molecule has 0 saturated heterocycles. The molecule has 1 N–H and O–H groups in total. The number of fused-ring (bicyclic) bond motifs is 1. The van der Waals surface area contributed by atoms with Gasteiger partial charge in [-0.1, -0.05) is 22.9 Å². The van der Waals surface area contributed by atoms with Gasteiger partial charge in [0.2, 0.25) is 0 Å². The summed E-state index contributed by atoms with van der Waals surface area (Å²) in [6, 6.07) is 10.1. The lowest BCUT2D eigenvalue weighted by molar-refractivity contribution is 1.18. The number of aryl methyl sites for hydroxylation is 1. The van der Waals surface area contributed by atoms with Gasteiger partial charge in [0.05, 0.1) is 16.8 Å². The Kier molecular flexibility index (Phi) is 3.24. The molecular formula is C13H11ClN2S2. The molecule has 92 valence electrons. The maximum absolute atomic E-state index is 5.96. The summed E-state index contributed by atoms with van der Waals surface area (Å²) in [6.07, 6.45) is 0. The van der Waals surface area contributed by atoms with E-state index in [4.69, 9.17) is 11.6 Å². The highest BCUT2D eigenvalue weighted by molar-refractivity contribution is 7.22. The maximum Gasteiger partial charge on any atom is 0.184 e. The number of benzene rings is 1. The van der Waals surface area contributed by atoms with E-state index in [9.17, 15) is 0 Å². The second kappa shape index (κ2) is 4.88. The quantitative estimate of drug-likeness (QED) is 0.741. The number of hydrogen-bond acceptors (Lipinski definition) is 4. The summed E-state index contributed by atoms with van der Waals surface area (Å²) in [4.78, 5) is 7.19. The van der Waals surface area contributed by atoms with Crippen molar-refractivity contribution in [3.8, 4) is 0 Å². The van der Waals surface area contributed by atoms with Crippen LogP contribution in [0.15, 0.2) is 30.3 Å². The van der Waals surface area contributed by atoms with E-state index in [0.717, 1.165) is 26.9 Å². The van der Waals surface area contributed by atoms with E-state index in [1.807, 2.05) is 29.5 Å². The Labute approximate surface area is 118 Å². The van der Waals surface area contributed by atoms with Gasteiger partial charge in [-0.3, -0.25) is 0 Å². The summed E-state index contributed by atoms with van der Waals surface area (Å²) in [6.45, 7) is 2.94. The van der Waals surface area contributed by atoms with Gasteiger partial charge in [-0.25, -0.2) is 4.98 Å². The standard InChI is InChI=1S/C13H11ClN2S2/c1-8-2-4-10(17-8)7-15-13-16-11-5-3-9(14)6-12(11)18-13/h2-6H,7H2,1H3,(H,15,16). The highest BCUT2D eigenvalue weighted by Gasteiger charge is 2.04. The fraction of sp³-hybridized carbons (Fsp3) is 0.154. The Morgan fingerprint density at radius 1 is 1.22 bits per heavy atom. The molecule has 0 bridgehead atoms. The molecule has 0 fully saturated rings. The third-order valence-electron chi connectivity index (χ3n) is 2.56. The van der Waals surface area contributed by atoms with E-state index in [1.54, 1.807) is 11.3 Å². The van der Waals surface area contributed by atoms with Crippen molar-refractivity contribution < 1.29 is 0 Å². The normalized spacial score (nSPS) is 11.0. The van der Waals surface area contributed by atoms with E-state index >= 15 is 0 Å². The Morgan fingerprint density at radius 2 is 2.11 bits per heavy atom. The highest BCUT2D eigenvalue weighted by Crippen LogP contribution is 2.28. The van der Waals surface area contributed by atoms with E-state index in [1.165, 1.54) is 9.75 Å². The van der Waals surface area contributed by atoms with E-state index in [0.29, 0.717) is 0 Å². The molecule has 2 aromatic heterocycles. The molecule has 0 aliphatic carbocycles. The molecule has 2 heterocycles. The average molecular weight is 295 g/mol. The Balaban J connectivity index is 1.78. The fourth-order valence-corrected chi connectivity index (χ4v) is 3.68. The maximum atomic E-state index is 5.96. The lowest BCUT2D eigenvalue weighted by Crippen LogP contribution is -1.95. The number of thiazole rings is 1. The van der Waals surface area contributed by atoms with Crippen LogP contribution in [-0.4, -0.2) is 4.98 Å². The van der Waals surface area contributed by atoms with Crippen LogP contribution >= 0.6 is 34.3 Å². The van der Waals surface area contributed by atoms with Crippen LogP contribution in [0.25, 0.3) is 10.2 Å². The molecule has 0 spiro atoms. The zero-order valence-corrected chi connectivity index (χ0v) is 12.1. The van der Waals surface area contributed by atoms with Crippen LogP contribution in [0.5, 0.6) is 0 Å². The third kappa shape index (κ3) is 2.51. The van der Waals surface area contributed by atoms with Crippen LogP contribution < -0.4 is 5.32 Å². The molecule has 0 unspecified atom stereocenters. The van der Waals surface area contributed by atoms with Crippen LogP contribution in [0.3, 0.4) is 0 Å². The fourth-order valence-electron chi connectivity index (χ4n) is 1.72. The minimum Gasteiger partial charge on any atom is -0.357 e. The number of nitrogens with zero attached hydrogens (tertiary/aromatic N) is 1. The minimum atomic E-state index is 0.756. The molecule has 0 amide bonds. The number of rotatable bonds is 3. The zero-order chi connectivity index (χ0) is 12.5. The summed E-state index contributed by atoms with van der Waals surface area (Å²) in [5.41, 5.74) is 0.995. The van der Waals surface area contributed by atoms with Gasteiger partial charge in [0.25, 0.3) is 0 Å². The van der Waals surface area contributed by atoms with Crippen LogP contribution in [-0.2, 0) is 6.54 Å². The average Bonchev–Trinajstić information content (AvgIpc) is 2.92. The lowest BCUT2D eigenvalue weighted by Gasteiger charge is -1.98. The van der Waals surface area contributed by atoms with Crippen LogP contribution in [0.4, 0.5) is 5.13 Å². The first-order chi connectivity index (χ1) is 8.70. The Bertz CT molecular complexity index is 687. The van der Waals surface area contributed by atoms with Gasteiger partial charge in [0.15, 0.2) is 5.13 Å². The first kappa shape index (κ1) is 12.0. The highest BCUT2D eigenvalue weighted by atomic mass is 35.5. The summed E-state index contributed by atoms with van der Waals surface area (Å²) in [5.74, 6) is 0. The molecule has 0 atom stereocenters. The second-order valence-electron chi connectivity index (χ2n) is 4.00. The van der Waals surface area contributed by atoms with Crippen molar-refractivity contribution in [2.75, 3.05) is 5.32 Å². The summed E-state index contributed by atoms with van der Waals surface area (Å²) < 4.78 is 1.12. The number of halogens is 1. The van der Waals surface area contributed by atoms with Gasteiger partial charge >= 0.3 is 0 Å². The number of nitrogens with one attached hydrogen (secondary N) is 1. The summed E-state index contributed by atoms with van der Waals surface area (Å²) in [5, 5.41) is 5.06. The molecule has 3 aromatic rings. The lowest BCUT2D eigenvalue weighted by atomic mass is 10.3. The number of hydrogen-bond donors (Lipinski definition) is 1. The van der Waals surface area contributed by atoms with Crippen LogP contribution in [0.1, 0.15) is 9.75 Å². The molecule has 3 rings (SSSR count). The molecular weight excluding hydrogens is 284 g/mol. The molecule has 2 nitrogen and oxygen atoms in total. The summed E-state index contributed by atoms with van der Waals surface area (Å²) >= 11 is 9.41. The van der Waals surface area contributed by atoms with Gasteiger partial charge in [-0.05, 0) is 37.3 Å². The van der Waals surface area contributed by atoms with Crippen LogP contribution in [0, 0.1) is 6.92 Å². The first-order valence-corrected chi connectivity index (χ1v) is 7.57. The second-order valence-corrected chi connectivity index (χ2v) is 6.84. The van der Waals surface area contributed by atoms with Crippen molar-refractivity contribution in [2.24, 2.45) is 0 Å². The monoisotopic (exact) mass is 294 g/mol. The van der Waals surface area contributed by atoms with Gasteiger partial charge in [-0.15, -0.1) is 11.3 Å². The van der Waals surface area contributed by atoms with Crippen molar-refractivity contribution in [2.45, 2.75) is 13.5 Å². The van der Waals surface area contributed by atoms with Crippen molar-refractivity contribution in [1.29, 1.82) is 0 Å². The van der Waals surface area contributed by atoms with Gasteiger partial charge in [-0.2, -0.15) is 0 Å². The van der Waals surface area contributed by atoms with Gasteiger partial charge in [0, 0.05) is 14.8 Å². The van der Waals surface area contributed by atoms with Gasteiger partial charge in [0.1, 0.15) is 0 Å². The molecule has 0 aliphatic heterocycles. The minimum absolute atomic E-state index is 0.756. The molecule has 0 radical (unpaired) electrons. The summed E-state index contributed by atoms with van der Waals surface area (Å²) in [7, 11) is 0. The number of thiophene rings is 1. The topological polar surface area (TPSA) is 24.9 Å². The smallest absolute Gasteiger partial charge is 0.184 e. The van der Waals surface area contributed by atoms with Crippen molar-refractivity contribution >= 4 is 49.6 Å². The first-order valence-electron chi connectivity index (χ1n) is 5.56. The third-order valence-corrected chi connectivity index (χ3v) is 4.77. The largest absolute Gasteiger partial charge is 0.357 e. The molecule has 5 heteroatoms. The molecule has 18 heavy (non-hydrogen) atoms. The van der Waals surface area contributed by atoms with Crippen molar-refractivity contribution in [3.05, 3.63) is 45.1 Å². The van der Waals surface area contributed by atoms with Crippen molar-refractivity contribution in [1.82, 2.24) is 4.98 Å². The van der Waals surface area contributed by atoms with Crippen LogP contribution in [0.2, 0.25) is 5.02 Å². The molecule has 0 saturated carbocycles. The predicted octanol–water partition coefficient (Wildman–Crippen LogP) is 4.93. The van der Waals surface area contributed by atoms with E-state index in [2.05, 4.69) is 29.4 Å². The predicted molar refractivity (Wildman–Crippen MR) is 81.0 cm³/mol. The Hall–Kier alpha value is -1.10. The van der Waals surface area contributed by atoms with E-state index < -0.39 is 0 Å². The van der Waals surface area contributed by atoms with E-state index in [-0.39, 0.29) is 0 Å². The Morgan fingerprint density at radius 3 is 2.89 bits per heavy atom. The number of aromatic nitrogens is 1. The van der Waals surface area contributed by atoms with Gasteiger partial charge < -0.3 is 5.32 Å². The zero-order valence-electron chi connectivity index (χ0n) is 9.74. The number of anilines is 1. The van der Waals surface area contributed by atoms with Crippen molar-refractivity contribution in [3.63, 3.8) is 0 Å². The SMILES string of the molecule is Cc1ccc(CNc2nc3ccc(Cl)cc3s2)s1.